The van der Waals surface area contributed by atoms with Gasteiger partial charge < -0.3 is 14.4 Å². The Bertz CT molecular complexity index is 815. The second kappa shape index (κ2) is 8.66. The van der Waals surface area contributed by atoms with Gasteiger partial charge in [0.25, 0.3) is 0 Å². The summed E-state index contributed by atoms with van der Waals surface area (Å²) in [4.78, 5) is 41.6. The summed E-state index contributed by atoms with van der Waals surface area (Å²) in [5.74, 6) is 0.909. The van der Waals surface area contributed by atoms with E-state index >= 15 is 0 Å². The van der Waals surface area contributed by atoms with Gasteiger partial charge in [-0.15, -0.1) is 0 Å². The standard InChI is InChI=1S/C23H30N2O5/c1-29-15-9-10-18(20(14-15)30-2)19-8-5-12-24(19)21(26)11-13-25-22(27)16-6-3-4-7-17(16)23(25)28/h9-10,14,16-17,19H,3-8,11-13H2,1-2H3/t16-,17+,19-/m0/s1. The zero-order valence-corrected chi connectivity index (χ0v) is 17.8. The van der Waals surface area contributed by atoms with E-state index in [1.54, 1.807) is 14.2 Å². The van der Waals surface area contributed by atoms with Crippen molar-refractivity contribution in [3.8, 4) is 11.5 Å². The molecular formula is C23H30N2O5. The summed E-state index contributed by atoms with van der Waals surface area (Å²) in [6.45, 7) is 0.859. The second-order valence-electron chi connectivity index (χ2n) is 8.43. The van der Waals surface area contributed by atoms with Crippen molar-refractivity contribution in [2.24, 2.45) is 11.8 Å². The maximum absolute atomic E-state index is 13.0. The van der Waals surface area contributed by atoms with Crippen LogP contribution in [0.3, 0.4) is 0 Å². The lowest BCUT2D eigenvalue weighted by Gasteiger charge is -2.27. The number of fused-ring (bicyclic) bond motifs is 1. The van der Waals surface area contributed by atoms with Gasteiger partial charge in [0.15, 0.2) is 0 Å². The van der Waals surface area contributed by atoms with E-state index in [0.717, 1.165) is 44.1 Å². The van der Waals surface area contributed by atoms with Gasteiger partial charge >= 0.3 is 0 Å². The van der Waals surface area contributed by atoms with Crippen LogP contribution in [0.15, 0.2) is 18.2 Å². The Labute approximate surface area is 177 Å². The summed E-state index contributed by atoms with van der Waals surface area (Å²) >= 11 is 0. The number of benzene rings is 1. The molecular weight excluding hydrogens is 384 g/mol. The molecule has 1 saturated carbocycles. The molecule has 3 atom stereocenters. The Kier molecular flexibility index (Phi) is 5.97. The minimum Gasteiger partial charge on any atom is -0.497 e. The van der Waals surface area contributed by atoms with Crippen molar-refractivity contribution < 1.29 is 23.9 Å². The molecule has 1 aromatic carbocycles. The first-order valence-electron chi connectivity index (χ1n) is 10.9. The molecule has 1 aliphatic carbocycles. The molecule has 7 heteroatoms. The van der Waals surface area contributed by atoms with Gasteiger partial charge in [-0.3, -0.25) is 19.3 Å². The normalized spacial score (nSPS) is 26.1. The fourth-order valence-corrected chi connectivity index (χ4v) is 5.28. The van der Waals surface area contributed by atoms with Crippen LogP contribution in [-0.2, 0) is 14.4 Å². The highest BCUT2D eigenvalue weighted by Crippen LogP contribution is 2.40. The molecule has 0 radical (unpaired) electrons. The summed E-state index contributed by atoms with van der Waals surface area (Å²) in [6.07, 6.45) is 5.55. The summed E-state index contributed by atoms with van der Waals surface area (Å²) in [5.41, 5.74) is 0.962. The topological polar surface area (TPSA) is 76.2 Å². The van der Waals surface area contributed by atoms with Gasteiger partial charge in [0.1, 0.15) is 11.5 Å². The van der Waals surface area contributed by atoms with E-state index in [4.69, 9.17) is 9.47 Å². The largest absolute Gasteiger partial charge is 0.497 e. The van der Waals surface area contributed by atoms with E-state index in [2.05, 4.69) is 0 Å². The predicted molar refractivity (Wildman–Crippen MR) is 110 cm³/mol. The molecule has 3 aliphatic rings. The minimum absolute atomic E-state index is 0.0224. The Morgan fingerprint density at radius 1 is 1.00 bits per heavy atom. The lowest BCUT2D eigenvalue weighted by Crippen LogP contribution is -2.37. The zero-order chi connectivity index (χ0) is 21.3. The first kappa shape index (κ1) is 20.7. The van der Waals surface area contributed by atoms with Crippen LogP contribution in [0.25, 0.3) is 0 Å². The molecule has 7 nitrogen and oxygen atoms in total. The number of hydrogen-bond acceptors (Lipinski definition) is 5. The number of nitrogens with zero attached hydrogens (tertiary/aromatic N) is 2. The fourth-order valence-electron chi connectivity index (χ4n) is 5.28. The molecule has 0 aromatic heterocycles. The Hall–Kier alpha value is -2.57. The maximum Gasteiger partial charge on any atom is 0.233 e. The van der Waals surface area contributed by atoms with Crippen molar-refractivity contribution in [1.29, 1.82) is 0 Å². The molecule has 0 spiro atoms. The number of likely N-dealkylation sites (tertiary alicyclic amines) is 2. The number of rotatable bonds is 6. The van der Waals surface area contributed by atoms with Crippen LogP contribution in [0, 0.1) is 11.8 Å². The van der Waals surface area contributed by atoms with Crippen LogP contribution in [0.4, 0.5) is 0 Å². The van der Waals surface area contributed by atoms with E-state index < -0.39 is 0 Å². The first-order chi connectivity index (χ1) is 14.5. The first-order valence-corrected chi connectivity index (χ1v) is 10.9. The van der Waals surface area contributed by atoms with Gasteiger partial charge in [0.2, 0.25) is 17.7 Å². The molecule has 30 heavy (non-hydrogen) atoms. The molecule has 162 valence electrons. The van der Waals surface area contributed by atoms with Gasteiger partial charge in [-0.1, -0.05) is 12.8 Å². The number of carbonyl (C=O) groups excluding carboxylic acids is 3. The van der Waals surface area contributed by atoms with E-state index in [-0.39, 0.29) is 48.6 Å². The average Bonchev–Trinajstić information content (AvgIpc) is 3.36. The Balaban J connectivity index is 1.43. The van der Waals surface area contributed by atoms with E-state index in [9.17, 15) is 14.4 Å². The monoisotopic (exact) mass is 414 g/mol. The number of carbonyl (C=O) groups is 3. The highest BCUT2D eigenvalue weighted by molar-refractivity contribution is 6.05. The molecule has 0 N–H and O–H groups in total. The number of methoxy groups -OCH3 is 2. The molecule has 4 rings (SSSR count). The van der Waals surface area contributed by atoms with Crippen molar-refractivity contribution >= 4 is 17.7 Å². The van der Waals surface area contributed by atoms with E-state index in [1.165, 1.54) is 4.90 Å². The van der Waals surface area contributed by atoms with Gasteiger partial charge in [-0.2, -0.15) is 0 Å². The third-order valence-corrected chi connectivity index (χ3v) is 6.85. The number of hydrogen-bond donors (Lipinski definition) is 0. The van der Waals surface area contributed by atoms with Gasteiger partial charge in [-0.05, 0) is 37.8 Å². The van der Waals surface area contributed by atoms with Crippen LogP contribution < -0.4 is 9.47 Å². The predicted octanol–water partition coefficient (Wildman–Crippen LogP) is 2.93. The molecule has 3 amide bonds. The van der Waals surface area contributed by atoms with Crippen LogP contribution in [0.1, 0.15) is 56.6 Å². The molecule has 3 fully saturated rings. The number of imide groups is 1. The SMILES string of the molecule is COc1ccc([C@@H]2CCCN2C(=O)CCN2C(=O)[C@H]3CCCC[C@H]3C2=O)c(OC)c1. The summed E-state index contributed by atoms with van der Waals surface area (Å²) in [6, 6.07) is 5.60. The summed E-state index contributed by atoms with van der Waals surface area (Å²) in [5, 5.41) is 0. The smallest absolute Gasteiger partial charge is 0.233 e. The van der Waals surface area contributed by atoms with Crippen molar-refractivity contribution in [3.05, 3.63) is 23.8 Å². The highest BCUT2D eigenvalue weighted by Gasteiger charge is 2.48. The van der Waals surface area contributed by atoms with Crippen LogP contribution >= 0.6 is 0 Å². The van der Waals surface area contributed by atoms with Crippen LogP contribution in [0.2, 0.25) is 0 Å². The quantitative estimate of drug-likeness (QED) is 0.669. The van der Waals surface area contributed by atoms with Crippen molar-refractivity contribution in [2.45, 2.75) is 51.0 Å². The van der Waals surface area contributed by atoms with Gasteiger partial charge in [0.05, 0.1) is 32.1 Å². The second-order valence-corrected chi connectivity index (χ2v) is 8.43. The molecule has 0 unspecified atom stereocenters. The number of ether oxygens (including phenoxy) is 2. The summed E-state index contributed by atoms with van der Waals surface area (Å²) < 4.78 is 10.8. The maximum atomic E-state index is 13.0. The molecule has 2 heterocycles. The zero-order valence-electron chi connectivity index (χ0n) is 17.8. The summed E-state index contributed by atoms with van der Waals surface area (Å²) in [7, 11) is 3.22. The van der Waals surface area contributed by atoms with Gasteiger partial charge in [0, 0.05) is 31.1 Å². The molecule has 2 aliphatic heterocycles. The highest BCUT2D eigenvalue weighted by atomic mass is 16.5. The Morgan fingerprint density at radius 3 is 2.33 bits per heavy atom. The fraction of sp³-hybridized carbons (Fsp3) is 0.609. The van der Waals surface area contributed by atoms with Crippen molar-refractivity contribution in [2.75, 3.05) is 27.3 Å². The van der Waals surface area contributed by atoms with E-state index in [1.807, 2.05) is 23.1 Å². The lowest BCUT2D eigenvalue weighted by atomic mass is 9.81. The van der Waals surface area contributed by atoms with Crippen molar-refractivity contribution in [1.82, 2.24) is 9.80 Å². The van der Waals surface area contributed by atoms with Gasteiger partial charge in [-0.25, -0.2) is 0 Å². The lowest BCUT2D eigenvalue weighted by molar-refractivity contribution is -0.141. The van der Waals surface area contributed by atoms with E-state index in [0.29, 0.717) is 18.0 Å². The molecule has 0 bridgehead atoms. The van der Waals surface area contributed by atoms with Crippen molar-refractivity contribution in [3.63, 3.8) is 0 Å². The third-order valence-electron chi connectivity index (χ3n) is 6.85. The molecule has 2 saturated heterocycles. The Morgan fingerprint density at radius 2 is 1.70 bits per heavy atom. The van der Waals surface area contributed by atoms with Crippen LogP contribution in [-0.4, -0.2) is 54.8 Å². The van der Waals surface area contributed by atoms with Crippen LogP contribution in [0.5, 0.6) is 11.5 Å². The average molecular weight is 415 g/mol. The minimum atomic E-state index is -0.163. The third kappa shape index (κ3) is 3.66. The number of amides is 3. The molecule has 1 aromatic rings.